The summed E-state index contributed by atoms with van der Waals surface area (Å²) in [6, 6.07) is 10.8. The van der Waals surface area contributed by atoms with Crippen LogP contribution in [0.25, 0.3) is 0 Å². The van der Waals surface area contributed by atoms with Crippen LogP contribution in [0.3, 0.4) is 0 Å². The van der Waals surface area contributed by atoms with E-state index in [1.165, 1.54) is 5.56 Å². The summed E-state index contributed by atoms with van der Waals surface area (Å²) >= 11 is 0. The quantitative estimate of drug-likeness (QED) is 0.589. The molecule has 0 aliphatic heterocycles. The molecule has 0 amide bonds. The Morgan fingerprint density at radius 2 is 2.11 bits per heavy atom. The van der Waals surface area contributed by atoms with Crippen molar-refractivity contribution in [3.63, 3.8) is 0 Å². The van der Waals surface area contributed by atoms with Crippen LogP contribution in [-0.4, -0.2) is 15.6 Å². The summed E-state index contributed by atoms with van der Waals surface area (Å²) in [6.45, 7) is 3.07. The first kappa shape index (κ1) is 13.8. The zero-order valence-electron chi connectivity index (χ0n) is 11.4. The Morgan fingerprint density at radius 1 is 1.32 bits per heavy atom. The molecule has 0 radical (unpaired) electrons. The molecule has 4 nitrogen and oxygen atoms in total. The summed E-state index contributed by atoms with van der Waals surface area (Å²) in [7, 11) is 0. The molecule has 4 heteroatoms. The van der Waals surface area contributed by atoms with E-state index in [1.54, 1.807) is 0 Å². The lowest BCUT2D eigenvalue weighted by Gasteiger charge is -2.16. The Bertz CT molecular complexity index is 478. The van der Waals surface area contributed by atoms with Crippen molar-refractivity contribution in [2.75, 3.05) is 0 Å². The van der Waals surface area contributed by atoms with E-state index >= 15 is 0 Å². The summed E-state index contributed by atoms with van der Waals surface area (Å²) in [4.78, 5) is 4.40. The highest BCUT2D eigenvalue weighted by atomic mass is 15.2. The number of hydrogen-bond acceptors (Lipinski definition) is 3. The zero-order valence-corrected chi connectivity index (χ0v) is 11.4. The van der Waals surface area contributed by atoms with E-state index in [0.29, 0.717) is 0 Å². The number of nitrogens with one attached hydrogen (secondary N) is 1. The maximum absolute atomic E-state index is 5.66. The third kappa shape index (κ3) is 3.91. The van der Waals surface area contributed by atoms with Crippen molar-refractivity contribution in [2.24, 2.45) is 5.84 Å². The fraction of sp³-hybridized carbons (Fsp3) is 0.400. The Hall–Kier alpha value is -1.65. The van der Waals surface area contributed by atoms with Crippen molar-refractivity contribution < 1.29 is 0 Å². The number of nitrogens with zero attached hydrogens (tertiary/aromatic N) is 2. The first-order valence-electron chi connectivity index (χ1n) is 6.83. The van der Waals surface area contributed by atoms with Crippen LogP contribution in [0.4, 0.5) is 0 Å². The Kier molecular flexibility index (Phi) is 5.12. The molecule has 0 saturated carbocycles. The fourth-order valence-corrected chi connectivity index (χ4v) is 2.27. The topological polar surface area (TPSA) is 55.9 Å². The molecule has 2 aromatic rings. The number of benzene rings is 1. The minimum atomic E-state index is 0.257. The lowest BCUT2D eigenvalue weighted by molar-refractivity contribution is 0.473. The van der Waals surface area contributed by atoms with Gasteiger partial charge in [0.2, 0.25) is 0 Å². The molecule has 1 unspecified atom stereocenters. The summed E-state index contributed by atoms with van der Waals surface area (Å²) in [5, 5.41) is 0. The van der Waals surface area contributed by atoms with E-state index in [4.69, 9.17) is 5.84 Å². The molecular weight excluding hydrogens is 236 g/mol. The van der Waals surface area contributed by atoms with E-state index in [2.05, 4.69) is 46.2 Å². The molecule has 0 fully saturated rings. The van der Waals surface area contributed by atoms with Crippen LogP contribution < -0.4 is 11.3 Å². The first-order valence-corrected chi connectivity index (χ1v) is 6.83. The number of imidazole rings is 1. The molecule has 102 valence electrons. The fourth-order valence-electron chi connectivity index (χ4n) is 2.27. The monoisotopic (exact) mass is 258 g/mol. The highest BCUT2D eigenvalue weighted by molar-refractivity contribution is 5.14. The maximum Gasteiger partial charge on any atom is 0.110 e. The molecule has 3 N–H and O–H groups in total. The van der Waals surface area contributed by atoms with Crippen molar-refractivity contribution in [3.8, 4) is 0 Å². The van der Waals surface area contributed by atoms with Gasteiger partial charge < -0.3 is 4.57 Å². The molecule has 0 aliphatic rings. The third-order valence-corrected chi connectivity index (χ3v) is 3.43. The van der Waals surface area contributed by atoms with Gasteiger partial charge in [-0.25, -0.2) is 4.98 Å². The highest BCUT2D eigenvalue weighted by Gasteiger charge is 2.11. The van der Waals surface area contributed by atoms with E-state index in [0.717, 1.165) is 31.6 Å². The number of hydrazine groups is 1. The van der Waals surface area contributed by atoms with E-state index in [1.807, 2.05) is 18.5 Å². The Labute approximate surface area is 114 Å². The summed E-state index contributed by atoms with van der Waals surface area (Å²) in [5.74, 6) is 6.75. The molecular formula is C15H22N4. The van der Waals surface area contributed by atoms with Crippen LogP contribution in [0.1, 0.15) is 24.7 Å². The molecule has 1 aromatic heterocycles. The van der Waals surface area contributed by atoms with Crippen molar-refractivity contribution in [1.82, 2.24) is 15.0 Å². The van der Waals surface area contributed by atoms with Gasteiger partial charge in [0.15, 0.2) is 0 Å². The van der Waals surface area contributed by atoms with Gasteiger partial charge in [-0.15, -0.1) is 0 Å². The molecule has 0 saturated heterocycles. The average Bonchev–Trinajstić information content (AvgIpc) is 2.91. The second-order valence-corrected chi connectivity index (χ2v) is 4.72. The minimum Gasteiger partial charge on any atom is -0.335 e. The van der Waals surface area contributed by atoms with Crippen LogP contribution in [0.2, 0.25) is 0 Å². The third-order valence-electron chi connectivity index (χ3n) is 3.43. The molecule has 0 aliphatic carbocycles. The normalized spacial score (nSPS) is 12.5. The predicted molar refractivity (Wildman–Crippen MR) is 77.5 cm³/mol. The SMILES string of the molecule is CCn1ccnc1CC(CCc1ccccc1)NN. The Balaban J connectivity index is 1.90. The van der Waals surface area contributed by atoms with Crippen molar-refractivity contribution >= 4 is 0 Å². The van der Waals surface area contributed by atoms with E-state index < -0.39 is 0 Å². The standard InChI is InChI=1S/C15H22N4/c1-2-19-11-10-17-15(19)12-14(18-16)9-8-13-6-4-3-5-7-13/h3-7,10-11,14,18H,2,8-9,12,16H2,1H3. The molecule has 1 heterocycles. The van der Waals surface area contributed by atoms with E-state index in [-0.39, 0.29) is 6.04 Å². The van der Waals surface area contributed by atoms with Crippen molar-refractivity contribution in [2.45, 2.75) is 38.8 Å². The van der Waals surface area contributed by atoms with Gasteiger partial charge in [0, 0.05) is 31.4 Å². The highest BCUT2D eigenvalue weighted by Crippen LogP contribution is 2.09. The van der Waals surface area contributed by atoms with Crippen LogP contribution >= 0.6 is 0 Å². The van der Waals surface area contributed by atoms with Crippen molar-refractivity contribution in [1.29, 1.82) is 0 Å². The minimum absolute atomic E-state index is 0.257. The summed E-state index contributed by atoms with van der Waals surface area (Å²) < 4.78 is 2.16. The first-order chi connectivity index (χ1) is 9.33. The number of rotatable bonds is 7. The molecule has 1 aromatic carbocycles. The van der Waals surface area contributed by atoms with Gasteiger partial charge in [0.05, 0.1) is 0 Å². The van der Waals surface area contributed by atoms with Crippen molar-refractivity contribution in [3.05, 3.63) is 54.1 Å². The van der Waals surface area contributed by atoms with Crippen LogP contribution in [0, 0.1) is 0 Å². The number of aryl methyl sites for hydroxylation is 2. The number of nitrogens with two attached hydrogens (primary N) is 1. The zero-order chi connectivity index (χ0) is 13.5. The van der Waals surface area contributed by atoms with Crippen LogP contribution in [0.5, 0.6) is 0 Å². The smallest absolute Gasteiger partial charge is 0.110 e. The number of hydrogen-bond donors (Lipinski definition) is 2. The lowest BCUT2D eigenvalue weighted by Crippen LogP contribution is -2.37. The summed E-state index contributed by atoms with van der Waals surface area (Å²) in [6.07, 6.45) is 6.77. The van der Waals surface area contributed by atoms with Crippen LogP contribution in [0.15, 0.2) is 42.7 Å². The lowest BCUT2D eigenvalue weighted by atomic mass is 10.0. The second kappa shape index (κ2) is 7.07. The van der Waals surface area contributed by atoms with Gasteiger partial charge in [-0.05, 0) is 25.3 Å². The number of aromatic nitrogens is 2. The van der Waals surface area contributed by atoms with Gasteiger partial charge in [-0.3, -0.25) is 11.3 Å². The second-order valence-electron chi connectivity index (χ2n) is 4.72. The Morgan fingerprint density at radius 3 is 2.79 bits per heavy atom. The van der Waals surface area contributed by atoms with Gasteiger partial charge in [-0.1, -0.05) is 30.3 Å². The average molecular weight is 258 g/mol. The molecule has 0 spiro atoms. The molecule has 2 rings (SSSR count). The molecule has 19 heavy (non-hydrogen) atoms. The maximum atomic E-state index is 5.66. The predicted octanol–water partition coefficient (Wildman–Crippen LogP) is 1.91. The molecule has 1 atom stereocenters. The van der Waals surface area contributed by atoms with Gasteiger partial charge >= 0.3 is 0 Å². The van der Waals surface area contributed by atoms with Gasteiger partial charge in [0.1, 0.15) is 5.82 Å². The van der Waals surface area contributed by atoms with Gasteiger partial charge in [0.25, 0.3) is 0 Å². The molecule has 0 bridgehead atoms. The van der Waals surface area contributed by atoms with Gasteiger partial charge in [-0.2, -0.15) is 0 Å². The van der Waals surface area contributed by atoms with Crippen LogP contribution in [-0.2, 0) is 19.4 Å². The summed E-state index contributed by atoms with van der Waals surface area (Å²) in [5.41, 5.74) is 4.26. The van der Waals surface area contributed by atoms with E-state index in [9.17, 15) is 0 Å². The largest absolute Gasteiger partial charge is 0.335 e.